The van der Waals surface area contributed by atoms with Crippen molar-refractivity contribution in [1.82, 2.24) is 0 Å². The summed E-state index contributed by atoms with van der Waals surface area (Å²) < 4.78 is 6.18. The van der Waals surface area contributed by atoms with Gasteiger partial charge in [-0.15, -0.1) is 11.3 Å². The molecule has 0 amide bonds. The van der Waals surface area contributed by atoms with Crippen molar-refractivity contribution in [1.29, 1.82) is 0 Å². The molecule has 1 unspecified atom stereocenters. The van der Waals surface area contributed by atoms with Crippen LogP contribution < -0.4 is 4.74 Å². The van der Waals surface area contributed by atoms with E-state index < -0.39 is 6.10 Å². The molecule has 0 saturated carbocycles. The van der Waals surface area contributed by atoms with Crippen molar-refractivity contribution >= 4 is 27.3 Å². The number of hydrogen-bond donors (Lipinski definition) is 1. The number of thiophene rings is 1. The molecule has 0 aliphatic rings. The number of halogens is 1. The largest absolute Gasteiger partial charge is 0.497 e. The van der Waals surface area contributed by atoms with Crippen molar-refractivity contribution in [2.45, 2.75) is 13.0 Å². The predicted molar refractivity (Wildman–Crippen MR) is 73.8 cm³/mol. The maximum absolute atomic E-state index is 10.3. The van der Waals surface area contributed by atoms with E-state index in [9.17, 15) is 5.11 Å². The first-order valence-electron chi connectivity index (χ1n) is 5.18. The van der Waals surface area contributed by atoms with Crippen LogP contribution in [0.5, 0.6) is 5.75 Å². The van der Waals surface area contributed by atoms with Gasteiger partial charge in [-0.25, -0.2) is 0 Å². The van der Waals surface area contributed by atoms with Gasteiger partial charge in [0.2, 0.25) is 0 Å². The van der Waals surface area contributed by atoms with Crippen LogP contribution in [-0.2, 0) is 0 Å². The molecule has 1 atom stereocenters. The van der Waals surface area contributed by atoms with Crippen molar-refractivity contribution < 1.29 is 9.84 Å². The van der Waals surface area contributed by atoms with Crippen molar-refractivity contribution in [2.75, 3.05) is 7.11 Å². The van der Waals surface area contributed by atoms with E-state index in [2.05, 4.69) is 15.9 Å². The lowest BCUT2D eigenvalue weighted by atomic mass is 9.99. The predicted octanol–water partition coefficient (Wildman–Crippen LogP) is 3.91. The minimum Gasteiger partial charge on any atom is -0.497 e. The Bertz CT molecular complexity index is 522. The van der Waals surface area contributed by atoms with E-state index in [0.29, 0.717) is 0 Å². The SMILES string of the molecule is COc1ccc(C(O)c2csc(Br)c2)c(C)c1. The molecule has 0 radical (unpaired) electrons. The molecule has 0 saturated heterocycles. The zero-order valence-electron chi connectivity index (χ0n) is 9.61. The molecule has 0 bridgehead atoms. The average molecular weight is 313 g/mol. The van der Waals surface area contributed by atoms with E-state index in [4.69, 9.17) is 4.74 Å². The summed E-state index contributed by atoms with van der Waals surface area (Å²) in [5.74, 6) is 0.810. The molecule has 2 nitrogen and oxygen atoms in total. The molecule has 1 aromatic carbocycles. The van der Waals surface area contributed by atoms with E-state index in [-0.39, 0.29) is 0 Å². The topological polar surface area (TPSA) is 29.5 Å². The van der Waals surface area contributed by atoms with Crippen LogP contribution >= 0.6 is 27.3 Å². The molecular weight excluding hydrogens is 300 g/mol. The molecule has 0 spiro atoms. The smallest absolute Gasteiger partial charge is 0.119 e. The van der Waals surface area contributed by atoms with Gasteiger partial charge in [-0.05, 0) is 63.1 Å². The van der Waals surface area contributed by atoms with Gasteiger partial charge in [0.1, 0.15) is 11.9 Å². The lowest BCUT2D eigenvalue weighted by Gasteiger charge is -2.13. The lowest BCUT2D eigenvalue weighted by molar-refractivity contribution is 0.220. The van der Waals surface area contributed by atoms with Crippen molar-refractivity contribution in [3.8, 4) is 5.75 Å². The molecule has 1 N–H and O–H groups in total. The van der Waals surface area contributed by atoms with Crippen molar-refractivity contribution in [3.05, 3.63) is 50.1 Å². The first-order valence-corrected chi connectivity index (χ1v) is 6.85. The molecule has 0 aliphatic heterocycles. The van der Waals surface area contributed by atoms with Crippen LogP contribution in [0.3, 0.4) is 0 Å². The standard InChI is InChI=1S/C13H13BrO2S/c1-8-5-10(16-2)3-4-11(8)13(15)9-6-12(14)17-7-9/h3-7,13,15H,1-2H3. The molecule has 2 rings (SSSR count). The fourth-order valence-corrected chi connectivity index (χ4v) is 2.92. The van der Waals surface area contributed by atoms with Gasteiger partial charge in [0, 0.05) is 0 Å². The number of aliphatic hydroxyl groups excluding tert-OH is 1. The van der Waals surface area contributed by atoms with Crippen LogP contribution in [0.4, 0.5) is 0 Å². The second kappa shape index (κ2) is 5.21. The molecule has 1 heterocycles. The van der Waals surface area contributed by atoms with Crippen molar-refractivity contribution in [3.63, 3.8) is 0 Å². The molecule has 4 heteroatoms. The van der Waals surface area contributed by atoms with Crippen LogP contribution in [0.2, 0.25) is 0 Å². The van der Waals surface area contributed by atoms with Gasteiger partial charge < -0.3 is 9.84 Å². The normalized spacial score (nSPS) is 12.5. The van der Waals surface area contributed by atoms with Crippen LogP contribution in [0, 0.1) is 6.92 Å². The summed E-state index contributed by atoms with van der Waals surface area (Å²) in [6, 6.07) is 7.65. The fraction of sp³-hybridized carbons (Fsp3) is 0.231. The first-order chi connectivity index (χ1) is 8.11. The average Bonchev–Trinajstić information content (AvgIpc) is 2.75. The number of methoxy groups -OCH3 is 1. The monoisotopic (exact) mass is 312 g/mol. The molecule has 0 fully saturated rings. The van der Waals surface area contributed by atoms with Gasteiger partial charge in [-0.3, -0.25) is 0 Å². The Balaban J connectivity index is 2.34. The maximum Gasteiger partial charge on any atom is 0.119 e. The summed E-state index contributed by atoms with van der Waals surface area (Å²) in [5, 5.41) is 12.3. The van der Waals surface area contributed by atoms with Crippen LogP contribution in [0.15, 0.2) is 33.4 Å². The number of aryl methyl sites for hydroxylation is 1. The van der Waals surface area contributed by atoms with Gasteiger partial charge in [-0.2, -0.15) is 0 Å². The zero-order valence-corrected chi connectivity index (χ0v) is 12.0. The number of hydrogen-bond acceptors (Lipinski definition) is 3. The summed E-state index contributed by atoms with van der Waals surface area (Å²) in [5.41, 5.74) is 2.85. The summed E-state index contributed by atoms with van der Waals surface area (Å²) in [7, 11) is 1.64. The molecular formula is C13H13BrO2S. The third-order valence-corrected chi connectivity index (χ3v) is 4.20. The summed E-state index contributed by atoms with van der Waals surface area (Å²) >= 11 is 4.97. The maximum atomic E-state index is 10.3. The number of rotatable bonds is 3. The molecule has 0 aliphatic carbocycles. The Labute approximate surface area is 113 Å². The molecule has 90 valence electrons. The molecule has 2 aromatic rings. The van der Waals surface area contributed by atoms with Gasteiger partial charge in [-0.1, -0.05) is 6.07 Å². The molecule has 17 heavy (non-hydrogen) atoms. The van der Waals surface area contributed by atoms with Gasteiger partial charge in [0.15, 0.2) is 0 Å². The Morgan fingerprint density at radius 3 is 2.65 bits per heavy atom. The van der Waals surface area contributed by atoms with Gasteiger partial charge in [0.25, 0.3) is 0 Å². The van der Waals surface area contributed by atoms with Gasteiger partial charge >= 0.3 is 0 Å². The van der Waals surface area contributed by atoms with Crippen molar-refractivity contribution in [2.24, 2.45) is 0 Å². The van der Waals surface area contributed by atoms with Gasteiger partial charge in [0.05, 0.1) is 10.9 Å². The molecule has 1 aromatic heterocycles. The number of benzene rings is 1. The highest BCUT2D eigenvalue weighted by Crippen LogP contribution is 2.31. The first kappa shape index (κ1) is 12.6. The third kappa shape index (κ3) is 2.70. The Kier molecular flexibility index (Phi) is 3.86. The highest BCUT2D eigenvalue weighted by atomic mass is 79.9. The Hall–Kier alpha value is -0.840. The quantitative estimate of drug-likeness (QED) is 0.931. The number of ether oxygens (including phenoxy) is 1. The minimum absolute atomic E-state index is 0.580. The van der Waals surface area contributed by atoms with Crippen LogP contribution in [-0.4, -0.2) is 12.2 Å². The fourth-order valence-electron chi connectivity index (χ4n) is 1.73. The summed E-state index contributed by atoms with van der Waals surface area (Å²) in [6.45, 7) is 1.97. The number of aliphatic hydroxyl groups is 1. The third-order valence-electron chi connectivity index (χ3n) is 2.68. The lowest BCUT2D eigenvalue weighted by Crippen LogP contribution is -2.00. The van der Waals surface area contributed by atoms with E-state index in [0.717, 1.165) is 26.2 Å². The Morgan fingerprint density at radius 2 is 2.12 bits per heavy atom. The zero-order chi connectivity index (χ0) is 12.4. The van der Waals surface area contributed by atoms with Crippen LogP contribution in [0.25, 0.3) is 0 Å². The second-order valence-electron chi connectivity index (χ2n) is 3.81. The van der Waals surface area contributed by atoms with E-state index in [1.165, 1.54) is 0 Å². The van der Waals surface area contributed by atoms with E-state index in [1.54, 1.807) is 18.4 Å². The summed E-state index contributed by atoms with van der Waals surface area (Å²) in [4.78, 5) is 0. The van der Waals surface area contributed by atoms with Crippen LogP contribution in [0.1, 0.15) is 22.8 Å². The Morgan fingerprint density at radius 1 is 1.35 bits per heavy atom. The highest BCUT2D eigenvalue weighted by molar-refractivity contribution is 9.11. The minimum atomic E-state index is -0.580. The highest BCUT2D eigenvalue weighted by Gasteiger charge is 2.14. The van der Waals surface area contributed by atoms with E-state index in [1.807, 2.05) is 36.6 Å². The van der Waals surface area contributed by atoms with E-state index >= 15 is 0 Å². The second-order valence-corrected chi connectivity index (χ2v) is 6.10. The summed E-state index contributed by atoms with van der Waals surface area (Å²) in [6.07, 6.45) is -0.580.